The van der Waals surface area contributed by atoms with Gasteiger partial charge in [-0.1, -0.05) is 0 Å². The van der Waals surface area contributed by atoms with Crippen LogP contribution in [0.2, 0.25) is 0 Å². The number of nitrogens with zero attached hydrogens (tertiary/aromatic N) is 3. The Kier molecular flexibility index (Phi) is 3.47. The fourth-order valence-electron chi connectivity index (χ4n) is 2.41. The van der Waals surface area contributed by atoms with Crippen LogP contribution in [-0.2, 0) is 11.8 Å². The van der Waals surface area contributed by atoms with E-state index in [9.17, 15) is 4.79 Å². The van der Waals surface area contributed by atoms with Crippen molar-refractivity contribution in [3.05, 3.63) is 18.0 Å². The molecule has 1 aromatic rings. The van der Waals surface area contributed by atoms with E-state index in [1.165, 1.54) is 0 Å². The van der Waals surface area contributed by atoms with Gasteiger partial charge in [-0.2, -0.15) is 5.10 Å². The molecule has 0 amide bonds. The lowest BCUT2D eigenvalue weighted by Crippen LogP contribution is -2.44. The molecule has 1 aliphatic rings. The van der Waals surface area contributed by atoms with Gasteiger partial charge in [-0.25, -0.2) is 0 Å². The third kappa shape index (κ3) is 2.66. The second-order valence-electron chi connectivity index (χ2n) is 4.76. The first-order chi connectivity index (χ1) is 8.08. The van der Waals surface area contributed by atoms with Crippen LogP contribution in [0.3, 0.4) is 0 Å². The van der Waals surface area contributed by atoms with Crippen LogP contribution < -0.4 is 0 Å². The molecule has 0 radical (unpaired) electrons. The molecule has 5 nitrogen and oxygen atoms in total. The molecule has 1 aliphatic heterocycles. The number of aliphatic carboxylic acids is 1. The molecule has 2 rings (SSSR count). The summed E-state index contributed by atoms with van der Waals surface area (Å²) in [5.74, 6) is -0.376. The lowest BCUT2D eigenvalue weighted by Gasteiger charge is -2.34. The average molecular weight is 237 g/mol. The van der Waals surface area contributed by atoms with Gasteiger partial charge >= 0.3 is 5.97 Å². The summed E-state index contributed by atoms with van der Waals surface area (Å²) in [5, 5.41) is 13.4. The van der Waals surface area contributed by atoms with Crippen molar-refractivity contribution in [2.45, 2.75) is 31.7 Å². The van der Waals surface area contributed by atoms with E-state index in [0.717, 1.165) is 31.6 Å². The van der Waals surface area contributed by atoms with Gasteiger partial charge in [0.2, 0.25) is 0 Å². The van der Waals surface area contributed by atoms with E-state index in [2.05, 4.69) is 5.10 Å². The Hall–Kier alpha value is -1.36. The first kappa shape index (κ1) is 12.1. The molecule has 2 heterocycles. The van der Waals surface area contributed by atoms with Crippen LogP contribution in [0, 0.1) is 0 Å². The number of piperidine rings is 1. The molecule has 1 aromatic heterocycles. The highest BCUT2D eigenvalue weighted by molar-refractivity contribution is 5.72. The van der Waals surface area contributed by atoms with Crippen LogP contribution in [0.1, 0.15) is 31.4 Å². The second kappa shape index (κ2) is 4.87. The summed E-state index contributed by atoms with van der Waals surface area (Å²) in [6.45, 7) is 3.42. The maximum absolute atomic E-state index is 11.0. The number of hydrogen-bond donors (Lipinski definition) is 1. The zero-order chi connectivity index (χ0) is 12.4. The standard InChI is InChI=1S/C12H19N3O2/c1-9(12(16)17)15-6-3-4-10(8-15)11-5-7-14(2)13-11/h5,7,9-10H,3-4,6,8H2,1-2H3,(H,16,17)/t9-,10-/m1/s1. The highest BCUT2D eigenvalue weighted by Crippen LogP contribution is 2.26. The lowest BCUT2D eigenvalue weighted by molar-refractivity contribution is -0.143. The Morgan fingerprint density at radius 3 is 3.00 bits per heavy atom. The largest absolute Gasteiger partial charge is 0.480 e. The summed E-state index contributed by atoms with van der Waals surface area (Å²) in [4.78, 5) is 13.0. The number of carboxylic acids is 1. The molecule has 1 N–H and O–H groups in total. The minimum atomic E-state index is -0.744. The Morgan fingerprint density at radius 2 is 2.41 bits per heavy atom. The van der Waals surface area contributed by atoms with Crippen LogP contribution in [0.25, 0.3) is 0 Å². The molecular formula is C12H19N3O2. The maximum atomic E-state index is 11.0. The van der Waals surface area contributed by atoms with E-state index < -0.39 is 12.0 Å². The minimum Gasteiger partial charge on any atom is -0.480 e. The first-order valence-electron chi connectivity index (χ1n) is 6.04. The van der Waals surface area contributed by atoms with E-state index >= 15 is 0 Å². The van der Waals surface area contributed by atoms with Gasteiger partial charge in [-0.05, 0) is 32.4 Å². The summed E-state index contributed by atoms with van der Waals surface area (Å²) in [7, 11) is 1.91. The second-order valence-corrected chi connectivity index (χ2v) is 4.76. The maximum Gasteiger partial charge on any atom is 0.320 e. The predicted octanol–water partition coefficient (Wildman–Crippen LogP) is 1.07. The number of aryl methyl sites for hydroxylation is 1. The molecular weight excluding hydrogens is 218 g/mol. The average Bonchev–Trinajstić information content (AvgIpc) is 2.75. The SMILES string of the molecule is C[C@H](C(=O)O)N1CCC[C@@H](c2ccn(C)n2)C1. The van der Waals surface area contributed by atoms with Crippen molar-refractivity contribution in [1.29, 1.82) is 0 Å². The van der Waals surface area contributed by atoms with Gasteiger partial charge in [0.25, 0.3) is 0 Å². The Morgan fingerprint density at radius 1 is 1.65 bits per heavy atom. The van der Waals surface area contributed by atoms with Gasteiger partial charge in [0.1, 0.15) is 6.04 Å². The molecule has 0 aromatic carbocycles. The monoisotopic (exact) mass is 237 g/mol. The van der Waals surface area contributed by atoms with Crippen LogP contribution in [0.5, 0.6) is 0 Å². The molecule has 1 saturated heterocycles. The van der Waals surface area contributed by atoms with Crippen LogP contribution in [-0.4, -0.2) is 44.9 Å². The molecule has 17 heavy (non-hydrogen) atoms. The molecule has 0 bridgehead atoms. The lowest BCUT2D eigenvalue weighted by atomic mass is 9.94. The number of rotatable bonds is 3. The fraction of sp³-hybridized carbons (Fsp3) is 0.667. The quantitative estimate of drug-likeness (QED) is 0.854. The minimum absolute atomic E-state index is 0.367. The predicted molar refractivity (Wildman–Crippen MR) is 63.9 cm³/mol. The van der Waals surface area contributed by atoms with E-state index in [1.54, 1.807) is 11.6 Å². The van der Waals surface area contributed by atoms with Gasteiger partial charge in [-0.3, -0.25) is 14.4 Å². The summed E-state index contributed by atoms with van der Waals surface area (Å²) in [5.41, 5.74) is 1.08. The van der Waals surface area contributed by atoms with Crippen LogP contribution >= 0.6 is 0 Å². The van der Waals surface area contributed by atoms with E-state index in [0.29, 0.717) is 5.92 Å². The van der Waals surface area contributed by atoms with E-state index in [4.69, 9.17) is 5.11 Å². The fourth-order valence-corrected chi connectivity index (χ4v) is 2.41. The van der Waals surface area contributed by atoms with Gasteiger partial charge in [0, 0.05) is 25.7 Å². The highest BCUT2D eigenvalue weighted by atomic mass is 16.4. The number of aromatic nitrogens is 2. The molecule has 5 heteroatoms. The van der Waals surface area contributed by atoms with E-state index in [-0.39, 0.29) is 0 Å². The molecule has 0 saturated carbocycles. The van der Waals surface area contributed by atoms with Crippen LogP contribution in [0.4, 0.5) is 0 Å². The Bertz CT molecular complexity index is 402. The molecule has 0 unspecified atom stereocenters. The summed E-state index contributed by atoms with van der Waals surface area (Å²) in [6, 6.07) is 1.63. The van der Waals surface area contributed by atoms with Gasteiger partial charge < -0.3 is 5.11 Å². The first-order valence-corrected chi connectivity index (χ1v) is 6.04. The third-order valence-electron chi connectivity index (χ3n) is 3.51. The molecule has 1 fully saturated rings. The van der Waals surface area contributed by atoms with Crippen molar-refractivity contribution in [2.75, 3.05) is 13.1 Å². The molecule has 0 aliphatic carbocycles. The van der Waals surface area contributed by atoms with Crippen molar-refractivity contribution in [1.82, 2.24) is 14.7 Å². The summed E-state index contributed by atoms with van der Waals surface area (Å²) in [6.07, 6.45) is 4.08. The van der Waals surface area contributed by atoms with Crippen molar-refractivity contribution in [3.63, 3.8) is 0 Å². The van der Waals surface area contributed by atoms with Crippen molar-refractivity contribution >= 4 is 5.97 Å². The number of carbonyl (C=O) groups is 1. The number of likely N-dealkylation sites (tertiary alicyclic amines) is 1. The zero-order valence-electron chi connectivity index (χ0n) is 10.3. The van der Waals surface area contributed by atoms with Gasteiger partial charge in [0.05, 0.1) is 5.69 Å². The topological polar surface area (TPSA) is 58.4 Å². The molecule has 2 atom stereocenters. The highest BCUT2D eigenvalue weighted by Gasteiger charge is 2.28. The Balaban J connectivity index is 2.04. The smallest absolute Gasteiger partial charge is 0.320 e. The van der Waals surface area contributed by atoms with Crippen molar-refractivity contribution in [3.8, 4) is 0 Å². The zero-order valence-corrected chi connectivity index (χ0v) is 10.3. The summed E-state index contributed by atoms with van der Waals surface area (Å²) < 4.78 is 1.80. The Labute approximate surface area is 101 Å². The van der Waals surface area contributed by atoms with Crippen LogP contribution in [0.15, 0.2) is 12.3 Å². The van der Waals surface area contributed by atoms with Crippen molar-refractivity contribution < 1.29 is 9.90 Å². The molecule has 0 spiro atoms. The number of carboxylic acid groups (broad SMARTS) is 1. The molecule has 94 valence electrons. The van der Waals surface area contributed by atoms with E-state index in [1.807, 2.05) is 24.2 Å². The third-order valence-corrected chi connectivity index (χ3v) is 3.51. The normalized spacial score (nSPS) is 23.5. The van der Waals surface area contributed by atoms with Crippen molar-refractivity contribution in [2.24, 2.45) is 7.05 Å². The van der Waals surface area contributed by atoms with Gasteiger partial charge in [-0.15, -0.1) is 0 Å². The number of hydrogen-bond acceptors (Lipinski definition) is 3. The van der Waals surface area contributed by atoms with Gasteiger partial charge in [0.15, 0.2) is 0 Å². The summed E-state index contributed by atoms with van der Waals surface area (Å²) >= 11 is 0.